The van der Waals surface area contributed by atoms with Gasteiger partial charge in [-0.2, -0.15) is 0 Å². The number of carbonyl (C=O) groups is 2. The zero-order valence-corrected chi connectivity index (χ0v) is 14.6. The zero-order valence-electron chi connectivity index (χ0n) is 14.6. The third kappa shape index (κ3) is 4.12. The van der Waals surface area contributed by atoms with E-state index in [1.807, 2.05) is 0 Å². The Morgan fingerprint density at radius 1 is 1.04 bits per heavy atom. The number of esters is 1. The molecule has 0 unspecified atom stereocenters. The van der Waals surface area contributed by atoms with Crippen LogP contribution in [0.1, 0.15) is 27.8 Å². The summed E-state index contributed by atoms with van der Waals surface area (Å²) in [6, 6.07) is 13.4. The standard InChI is InChI=1S/C20H14FNO6/c1-12(19(23)14-2-6-15(21)7-3-14)27-20(24)18-11-10-17(28-18)13-4-8-16(9-5-13)22(25)26/h2-12H,1H3/t12-/m0/s1. The highest BCUT2D eigenvalue weighted by molar-refractivity contribution is 6.01. The number of furan rings is 1. The van der Waals surface area contributed by atoms with E-state index in [9.17, 15) is 24.1 Å². The van der Waals surface area contributed by atoms with E-state index in [0.717, 1.165) is 12.1 Å². The lowest BCUT2D eigenvalue weighted by Crippen LogP contribution is -2.24. The molecule has 0 N–H and O–H groups in total. The van der Waals surface area contributed by atoms with Crippen LogP contribution in [0, 0.1) is 15.9 Å². The van der Waals surface area contributed by atoms with E-state index in [2.05, 4.69) is 0 Å². The number of non-ortho nitro benzene ring substituents is 1. The normalized spacial score (nSPS) is 11.6. The van der Waals surface area contributed by atoms with Gasteiger partial charge < -0.3 is 9.15 Å². The number of ether oxygens (including phenoxy) is 1. The predicted octanol–water partition coefficient (Wildman–Crippen LogP) is 4.42. The molecule has 1 atom stereocenters. The molecule has 142 valence electrons. The van der Waals surface area contributed by atoms with Crippen LogP contribution in [0.3, 0.4) is 0 Å². The molecule has 0 aliphatic heterocycles. The highest BCUT2D eigenvalue weighted by Gasteiger charge is 2.22. The van der Waals surface area contributed by atoms with Crippen LogP contribution in [-0.4, -0.2) is 22.8 Å². The molecule has 8 heteroatoms. The van der Waals surface area contributed by atoms with Crippen LogP contribution in [0.25, 0.3) is 11.3 Å². The number of halogens is 1. The zero-order chi connectivity index (χ0) is 20.3. The number of nitrogens with zero attached hydrogens (tertiary/aromatic N) is 1. The van der Waals surface area contributed by atoms with Gasteiger partial charge in [0.15, 0.2) is 6.10 Å². The van der Waals surface area contributed by atoms with Crippen molar-refractivity contribution in [2.24, 2.45) is 0 Å². The fourth-order valence-corrected chi connectivity index (χ4v) is 2.47. The number of hydrogen-bond donors (Lipinski definition) is 0. The van der Waals surface area contributed by atoms with Crippen molar-refractivity contribution in [3.8, 4) is 11.3 Å². The topological polar surface area (TPSA) is 99.7 Å². The molecule has 0 aliphatic rings. The van der Waals surface area contributed by atoms with Crippen molar-refractivity contribution in [1.82, 2.24) is 0 Å². The van der Waals surface area contributed by atoms with Crippen LogP contribution in [-0.2, 0) is 4.74 Å². The lowest BCUT2D eigenvalue weighted by molar-refractivity contribution is -0.384. The van der Waals surface area contributed by atoms with E-state index in [0.29, 0.717) is 11.3 Å². The summed E-state index contributed by atoms with van der Waals surface area (Å²) in [7, 11) is 0. The van der Waals surface area contributed by atoms with Gasteiger partial charge in [0, 0.05) is 23.3 Å². The first kappa shape index (κ1) is 19.0. The largest absolute Gasteiger partial charge is 0.449 e. The van der Waals surface area contributed by atoms with E-state index in [1.54, 1.807) is 0 Å². The second-order valence-electron chi connectivity index (χ2n) is 5.89. The minimum Gasteiger partial charge on any atom is -0.449 e. The molecule has 0 fully saturated rings. The first-order valence-electron chi connectivity index (χ1n) is 8.20. The van der Waals surface area contributed by atoms with Crippen molar-refractivity contribution in [3.05, 3.63) is 87.9 Å². The summed E-state index contributed by atoms with van der Waals surface area (Å²) >= 11 is 0. The Hall–Kier alpha value is -3.81. The van der Waals surface area contributed by atoms with Gasteiger partial charge in [-0.1, -0.05) is 0 Å². The van der Waals surface area contributed by atoms with Crippen LogP contribution in [0.4, 0.5) is 10.1 Å². The predicted molar refractivity (Wildman–Crippen MR) is 96.4 cm³/mol. The molecular weight excluding hydrogens is 369 g/mol. The van der Waals surface area contributed by atoms with Gasteiger partial charge in [0.25, 0.3) is 5.69 Å². The van der Waals surface area contributed by atoms with E-state index >= 15 is 0 Å². The van der Waals surface area contributed by atoms with Crippen LogP contribution in [0.5, 0.6) is 0 Å². The Labute approximate surface area is 158 Å². The Bertz CT molecular complexity index is 1020. The maximum atomic E-state index is 12.9. The minimum absolute atomic E-state index is 0.0666. The molecule has 7 nitrogen and oxygen atoms in total. The third-order valence-electron chi connectivity index (χ3n) is 3.95. The molecule has 3 aromatic rings. The van der Waals surface area contributed by atoms with Gasteiger partial charge >= 0.3 is 5.97 Å². The summed E-state index contributed by atoms with van der Waals surface area (Å²) in [6.45, 7) is 1.41. The van der Waals surface area contributed by atoms with Crippen molar-refractivity contribution in [2.45, 2.75) is 13.0 Å². The fourth-order valence-electron chi connectivity index (χ4n) is 2.47. The molecule has 3 rings (SSSR count). The van der Waals surface area contributed by atoms with Crippen molar-refractivity contribution in [3.63, 3.8) is 0 Å². The van der Waals surface area contributed by atoms with Gasteiger partial charge in [0.05, 0.1) is 4.92 Å². The lowest BCUT2D eigenvalue weighted by atomic mass is 10.1. The summed E-state index contributed by atoms with van der Waals surface area (Å²) in [5, 5.41) is 10.7. The molecule has 0 bridgehead atoms. The first-order valence-corrected chi connectivity index (χ1v) is 8.20. The van der Waals surface area contributed by atoms with Crippen molar-refractivity contribution >= 4 is 17.4 Å². The number of Topliss-reactive ketones (excluding diaryl/α,β-unsaturated/α-hetero) is 1. The first-order chi connectivity index (χ1) is 13.3. The van der Waals surface area contributed by atoms with E-state index < -0.39 is 28.6 Å². The van der Waals surface area contributed by atoms with Crippen molar-refractivity contribution in [2.75, 3.05) is 0 Å². The van der Waals surface area contributed by atoms with E-state index in [-0.39, 0.29) is 17.0 Å². The third-order valence-corrected chi connectivity index (χ3v) is 3.95. The van der Waals surface area contributed by atoms with Crippen LogP contribution >= 0.6 is 0 Å². The number of nitro groups is 1. The van der Waals surface area contributed by atoms with Gasteiger partial charge in [0.2, 0.25) is 11.5 Å². The maximum Gasteiger partial charge on any atom is 0.374 e. The molecule has 0 aliphatic carbocycles. The van der Waals surface area contributed by atoms with Crippen LogP contribution in [0.2, 0.25) is 0 Å². The SMILES string of the molecule is C[C@H](OC(=O)c1ccc(-c2ccc([N+](=O)[O-])cc2)o1)C(=O)c1ccc(F)cc1. The molecule has 1 aromatic heterocycles. The van der Waals surface area contributed by atoms with Crippen LogP contribution in [0.15, 0.2) is 65.1 Å². The Morgan fingerprint density at radius 3 is 2.29 bits per heavy atom. The van der Waals surface area contributed by atoms with E-state index in [4.69, 9.17) is 9.15 Å². The average molecular weight is 383 g/mol. The molecular formula is C20H14FNO6. The second kappa shape index (κ2) is 7.83. The average Bonchev–Trinajstić information content (AvgIpc) is 3.18. The lowest BCUT2D eigenvalue weighted by Gasteiger charge is -2.11. The molecule has 0 spiro atoms. The van der Waals surface area contributed by atoms with Gasteiger partial charge in [-0.25, -0.2) is 9.18 Å². The minimum atomic E-state index is -1.09. The van der Waals surface area contributed by atoms with Crippen LogP contribution < -0.4 is 0 Å². The molecule has 0 radical (unpaired) electrons. The molecule has 1 heterocycles. The summed E-state index contributed by atoms with van der Waals surface area (Å²) in [5.41, 5.74) is 0.691. The summed E-state index contributed by atoms with van der Waals surface area (Å²) in [6.07, 6.45) is -1.09. The number of rotatable bonds is 6. The molecule has 0 amide bonds. The second-order valence-corrected chi connectivity index (χ2v) is 5.89. The number of nitro benzene ring substituents is 1. The smallest absolute Gasteiger partial charge is 0.374 e. The Kier molecular flexibility index (Phi) is 5.30. The van der Waals surface area contributed by atoms with Gasteiger partial charge in [0.1, 0.15) is 11.6 Å². The summed E-state index contributed by atoms with van der Waals surface area (Å²) < 4.78 is 23.5. The maximum absolute atomic E-state index is 12.9. The highest BCUT2D eigenvalue weighted by Crippen LogP contribution is 2.25. The van der Waals surface area contributed by atoms with Gasteiger partial charge in [-0.3, -0.25) is 14.9 Å². The highest BCUT2D eigenvalue weighted by atomic mass is 19.1. The number of ketones is 1. The number of carbonyl (C=O) groups excluding carboxylic acids is 2. The van der Waals surface area contributed by atoms with Crippen molar-refractivity contribution < 1.29 is 28.1 Å². The van der Waals surface area contributed by atoms with Gasteiger partial charge in [-0.15, -0.1) is 0 Å². The summed E-state index contributed by atoms with van der Waals surface area (Å²) in [5.74, 6) is -1.59. The quantitative estimate of drug-likeness (QED) is 0.270. The molecule has 2 aromatic carbocycles. The number of hydrogen-bond acceptors (Lipinski definition) is 6. The molecule has 0 saturated heterocycles. The fraction of sp³-hybridized carbons (Fsp3) is 0.100. The molecule has 0 saturated carbocycles. The van der Waals surface area contributed by atoms with Gasteiger partial charge in [-0.05, 0) is 55.5 Å². The molecule has 28 heavy (non-hydrogen) atoms. The number of benzene rings is 2. The monoisotopic (exact) mass is 383 g/mol. The van der Waals surface area contributed by atoms with E-state index in [1.165, 1.54) is 55.5 Å². The Morgan fingerprint density at radius 2 is 1.68 bits per heavy atom. The Balaban J connectivity index is 1.69. The summed E-state index contributed by atoms with van der Waals surface area (Å²) in [4.78, 5) is 34.6. The van der Waals surface area contributed by atoms with Crippen molar-refractivity contribution in [1.29, 1.82) is 0 Å².